The Bertz CT molecular complexity index is 998. The molecule has 2 aromatic carbocycles. The lowest BCUT2D eigenvalue weighted by Gasteiger charge is -2.28. The molecule has 1 heterocycles. The number of fused-ring (bicyclic) bond motifs is 1. The zero-order valence-corrected chi connectivity index (χ0v) is 18.0. The number of benzene rings is 2. The van der Waals surface area contributed by atoms with Crippen LogP contribution in [0.15, 0.2) is 47.9 Å². The predicted molar refractivity (Wildman–Crippen MR) is 114 cm³/mol. The first-order valence-electron chi connectivity index (χ1n) is 9.44. The van der Waals surface area contributed by atoms with Crippen LogP contribution in [0.2, 0.25) is 10.0 Å². The van der Waals surface area contributed by atoms with Gasteiger partial charge in [-0.25, -0.2) is 4.79 Å². The van der Waals surface area contributed by atoms with Crippen molar-refractivity contribution in [3.63, 3.8) is 0 Å². The summed E-state index contributed by atoms with van der Waals surface area (Å²) in [6.07, 6.45) is -0.0845. The lowest BCUT2D eigenvalue weighted by Crippen LogP contribution is -2.28. The van der Waals surface area contributed by atoms with Crippen LogP contribution in [-0.4, -0.2) is 25.2 Å². The molecule has 1 atom stereocenters. The fourth-order valence-electron chi connectivity index (χ4n) is 3.36. The minimum absolute atomic E-state index is 0.0845. The minimum Gasteiger partial charge on any atom is -0.466 e. The van der Waals surface area contributed by atoms with Gasteiger partial charge in [0.05, 0.1) is 19.6 Å². The van der Waals surface area contributed by atoms with Gasteiger partial charge in [0.25, 0.3) is 0 Å². The summed E-state index contributed by atoms with van der Waals surface area (Å²) in [5.41, 5.74) is 8.31. The summed E-state index contributed by atoms with van der Waals surface area (Å²) in [5, 5.41) is 0.983. The second-order valence-electron chi connectivity index (χ2n) is 6.57. The number of halogens is 2. The summed E-state index contributed by atoms with van der Waals surface area (Å²) in [6.45, 7) is 3.79. The zero-order valence-electron chi connectivity index (χ0n) is 16.5. The highest BCUT2D eigenvalue weighted by molar-refractivity contribution is 6.35. The van der Waals surface area contributed by atoms with Crippen molar-refractivity contribution in [3.05, 3.63) is 63.5 Å². The van der Waals surface area contributed by atoms with E-state index in [2.05, 4.69) is 0 Å². The van der Waals surface area contributed by atoms with Gasteiger partial charge in [0.1, 0.15) is 11.3 Å². The van der Waals surface area contributed by atoms with E-state index in [1.54, 1.807) is 38.1 Å². The van der Waals surface area contributed by atoms with E-state index in [-0.39, 0.29) is 31.1 Å². The summed E-state index contributed by atoms with van der Waals surface area (Å²) in [5.74, 6) is -1.41. The van der Waals surface area contributed by atoms with Gasteiger partial charge in [-0.05, 0) is 55.3 Å². The maximum absolute atomic E-state index is 12.6. The standard InChI is InChI=1S/C22H21Cl2NO5/c1-3-28-19(26)11-17-16-9-12(13-7-14(23)10-15(24)8-13)5-6-18(16)30-21(25)20(17)22(27)29-4-2/h5-10,17H,3-4,11,25H2,1-2H3. The number of esters is 2. The molecule has 0 amide bonds. The van der Waals surface area contributed by atoms with Crippen LogP contribution < -0.4 is 10.5 Å². The molecular weight excluding hydrogens is 429 g/mol. The van der Waals surface area contributed by atoms with E-state index in [1.807, 2.05) is 12.1 Å². The first-order chi connectivity index (χ1) is 14.3. The molecule has 0 spiro atoms. The molecule has 0 saturated heterocycles. The maximum Gasteiger partial charge on any atom is 0.340 e. The number of ether oxygens (including phenoxy) is 3. The van der Waals surface area contributed by atoms with Gasteiger partial charge < -0.3 is 19.9 Å². The van der Waals surface area contributed by atoms with E-state index < -0.39 is 17.9 Å². The van der Waals surface area contributed by atoms with Crippen molar-refractivity contribution < 1.29 is 23.8 Å². The lowest BCUT2D eigenvalue weighted by molar-refractivity contribution is -0.143. The molecule has 0 aliphatic carbocycles. The Morgan fingerprint density at radius 3 is 2.30 bits per heavy atom. The summed E-state index contributed by atoms with van der Waals surface area (Å²) in [4.78, 5) is 24.9. The molecule has 0 bridgehead atoms. The molecule has 0 fully saturated rings. The molecular formula is C22H21Cl2NO5. The molecule has 0 aromatic heterocycles. The molecule has 2 aromatic rings. The Kier molecular flexibility index (Phi) is 6.90. The Labute approximate surface area is 184 Å². The average molecular weight is 450 g/mol. The molecule has 0 saturated carbocycles. The summed E-state index contributed by atoms with van der Waals surface area (Å²) in [6, 6.07) is 10.6. The van der Waals surface area contributed by atoms with Gasteiger partial charge in [0, 0.05) is 21.5 Å². The summed E-state index contributed by atoms with van der Waals surface area (Å²) < 4.78 is 15.9. The molecule has 2 N–H and O–H groups in total. The van der Waals surface area contributed by atoms with Gasteiger partial charge in [-0.3, -0.25) is 4.79 Å². The van der Waals surface area contributed by atoms with Crippen molar-refractivity contribution in [2.45, 2.75) is 26.2 Å². The van der Waals surface area contributed by atoms with E-state index in [0.717, 1.165) is 11.1 Å². The number of carbonyl (C=O) groups excluding carboxylic acids is 2. The van der Waals surface area contributed by atoms with Gasteiger partial charge in [0.2, 0.25) is 5.88 Å². The lowest BCUT2D eigenvalue weighted by atomic mass is 9.84. The van der Waals surface area contributed by atoms with Crippen LogP contribution in [-0.2, 0) is 19.1 Å². The third kappa shape index (κ3) is 4.71. The van der Waals surface area contributed by atoms with Crippen molar-refractivity contribution in [2.75, 3.05) is 13.2 Å². The average Bonchev–Trinajstić information content (AvgIpc) is 2.67. The summed E-state index contributed by atoms with van der Waals surface area (Å²) >= 11 is 12.3. The van der Waals surface area contributed by atoms with Crippen LogP contribution in [0.1, 0.15) is 31.7 Å². The van der Waals surface area contributed by atoms with E-state index in [0.29, 0.717) is 21.4 Å². The Morgan fingerprint density at radius 2 is 1.67 bits per heavy atom. The first-order valence-corrected chi connectivity index (χ1v) is 10.2. The largest absolute Gasteiger partial charge is 0.466 e. The summed E-state index contributed by atoms with van der Waals surface area (Å²) in [7, 11) is 0. The van der Waals surface area contributed by atoms with Gasteiger partial charge in [-0.15, -0.1) is 0 Å². The fraction of sp³-hybridized carbons (Fsp3) is 0.273. The van der Waals surface area contributed by atoms with Crippen LogP contribution >= 0.6 is 23.2 Å². The van der Waals surface area contributed by atoms with E-state index in [1.165, 1.54) is 0 Å². The van der Waals surface area contributed by atoms with Crippen LogP contribution in [0.5, 0.6) is 5.75 Å². The van der Waals surface area contributed by atoms with E-state index in [9.17, 15) is 9.59 Å². The van der Waals surface area contributed by atoms with Gasteiger partial charge in [0.15, 0.2) is 0 Å². The molecule has 30 heavy (non-hydrogen) atoms. The quantitative estimate of drug-likeness (QED) is 0.635. The second kappa shape index (κ2) is 9.41. The molecule has 1 aliphatic heterocycles. The molecule has 0 radical (unpaired) electrons. The maximum atomic E-state index is 12.6. The SMILES string of the molecule is CCOC(=O)CC1C(C(=O)OCC)=C(N)Oc2ccc(-c3cc(Cl)cc(Cl)c3)cc21. The van der Waals surface area contributed by atoms with E-state index >= 15 is 0 Å². The number of hydrogen-bond donors (Lipinski definition) is 1. The molecule has 1 unspecified atom stereocenters. The fourth-order valence-corrected chi connectivity index (χ4v) is 3.89. The Morgan fingerprint density at radius 1 is 1.00 bits per heavy atom. The third-order valence-electron chi connectivity index (χ3n) is 4.59. The molecule has 6 nitrogen and oxygen atoms in total. The topological polar surface area (TPSA) is 87.9 Å². The molecule has 158 valence electrons. The number of rotatable bonds is 6. The van der Waals surface area contributed by atoms with Crippen LogP contribution in [0.3, 0.4) is 0 Å². The van der Waals surface area contributed by atoms with E-state index in [4.69, 9.17) is 43.1 Å². The number of hydrogen-bond acceptors (Lipinski definition) is 6. The number of carbonyl (C=O) groups is 2. The third-order valence-corrected chi connectivity index (χ3v) is 5.02. The highest BCUT2D eigenvalue weighted by Gasteiger charge is 2.36. The zero-order chi connectivity index (χ0) is 21.8. The van der Waals surface area contributed by atoms with Gasteiger partial charge >= 0.3 is 11.9 Å². The molecule has 1 aliphatic rings. The van der Waals surface area contributed by atoms with Crippen molar-refractivity contribution in [3.8, 4) is 16.9 Å². The van der Waals surface area contributed by atoms with Crippen LogP contribution in [0, 0.1) is 0 Å². The van der Waals surface area contributed by atoms with Crippen LogP contribution in [0.4, 0.5) is 0 Å². The van der Waals surface area contributed by atoms with Crippen LogP contribution in [0.25, 0.3) is 11.1 Å². The molecule has 3 rings (SSSR count). The molecule has 8 heteroatoms. The monoisotopic (exact) mass is 449 g/mol. The highest BCUT2D eigenvalue weighted by atomic mass is 35.5. The second-order valence-corrected chi connectivity index (χ2v) is 7.45. The predicted octanol–water partition coefficient (Wildman–Crippen LogP) is 4.82. The van der Waals surface area contributed by atoms with Gasteiger partial charge in [-0.1, -0.05) is 29.3 Å². The highest BCUT2D eigenvalue weighted by Crippen LogP contribution is 2.43. The van der Waals surface area contributed by atoms with Crippen molar-refractivity contribution in [1.82, 2.24) is 0 Å². The number of nitrogens with two attached hydrogens (primary N) is 1. The van der Waals surface area contributed by atoms with Crippen molar-refractivity contribution in [1.29, 1.82) is 0 Å². The first kappa shape index (κ1) is 22.0. The minimum atomic E-state index is -0.679. The normalized spacial score (nSPS) is 15.3. The smallest absolute Gasteiger partial charge is 0.340 e. The Hall–Kier alpha value is -2.70. The van der Waals surface area contributed by atoms with Crippen molar-refractivity contribution in [2.24, 2.45) is 5.73 Å². The van der Waals surface area contributed by atoms with Crippen molar-refractivity contribution >= 4 is 35.1 Å². The van der Waals surface area contributed by atoms with Gasteiger partial charge in [-0.2, -0.15) is 0 Å². The Balaban J connectivity index is 2.10.